The second-order valence-electron chi connectivity index (χ2n) is 5.06. The second kappa shape index (κ2) is 6.37. The first-order chi connectivity index (χ1) is 7.97. The van der Waals surface area contributed by atoms with Crippen molar-refractivity contribution in [3.63, 3.8) is 0 Å². The standard InChI is InChI=1S/C13H22Br2N2/c1-5-7-13(3,9-14)8-11-12(15)10(6-2)16-17(11)4/h5-9H2,1-4H3. The average molecular weight is 366 g/mol. The molecule has 0 aliphatic rings. The van der Waals surface area contributed by atoms with Gasteiger partial charge >= 0.3 is 0 Å². The molecule has 1 unspecified atom stereocenters. The summed E-state index contributed by atoms with van der Waals surface area (Å²) in [6.07, 6.45) is 4.50. The molecule has 0 aliphatic heterocycles. The molecule has 0 N–H and O–H groups in total. The number of aromatic nitrogens is 2. The molecule has 0 saturated carbocycles. The van der Waals surface area contributed by atoms with Crippen molar-refractivity contribution in [3.05, 3.63) is 15.9 Å². The normalized spacial score (nSPS) is 14.9. The van der Waals surface area contributed by atoms with Gasteiger partial charge < -0.3 is 0 Å². The minimum atomic E-state index is 0.316. The fourth-order valence-corrected chi connectivity index (χ4v) is 3.46. The van der Waals surface area contributed by atoms with Crippen LogP contribution in [0.3, 0.4) is 0 Å². The highest BCUT2D eigenvalue weighted by Crippen LogP contribution is 2.33. The summed E-state index contributed by atoms with van der Waals surface area (Å²) in [6.45, 7) is 6.74. The van der Waals surface area contributed by atoms with E-state index < -0.39 is 0 Å². The van der Waals surface area contributed by atoms with E-state index in [-0.39, 0.29) is 0 Å². The third-order valence-electron chi connectivity index (χ3n) is 3.27. The number of hydrogen-bond acceptors (Lipinski definition) is 1. The number of halogens is 2. The van der Waals surface area contributed by atoms with Gasteiger partial charge in [-0.1, -0.05) is 43.1 Å². The van der Waals surface area contributed by atoms with Crippen molar-refractivity contribution in [1.29, 1.82) is 0 Å². The van der Waals surface area contributed by atoms with Crippen LogP contribution in [-0.4, -0.2) is 15.1 Å². The van der Waals surface area contributed by atoms with Gasteiger partial charge in [-0.25, -0.2) is 0 Å². The first kappa shape index (κ1) is 15.2. The van der Waals surface area contributed by atoms with E-state index in [1.54, 1.807) is 0 Å². The summed E-state index contributed by atoms with van der Waals surface area (Å²) in [5.74, 6) is 0. The predicted octanol–water partition coefficient (Wildman–Crippen LogP) is 4.49. The van der Waals surface area contributed by atoms with E-state index in [2.05, 4.69) is 57.7 Å². The molecular weight excluding hydrogens is 344 g/mol. The SMILES string of the molecule is CCCC(C)(CBr)Cc1c(Br)c(CC)nn1C. The van der Waals surface area contributed by atoms with E-state index in [9.17, 15) is 0 Å². The average Bonchev–Trinajstić information content (AvgIpc) is 2.57. The molecule has 2 nitrogen and oxygen atoms in total. The smallest absolute Gasteiger partial charge is 0.0766 e. The van der Waals surface area contributed by atoms with Crippen LogP contribution in [0, 0.1) is 5.41 Å². The molecule has 0 spiro atoms. The minimum absolute atomic E-state index is 0.316. The zero-order valence-electron chi connectivity index (χ0n) is 11.2. The Morgan fingerprint density at radius 1 is 1.35 bits per heavy atom. The Kier molecular flexibility index (Phi) is 5.71. The summed E-state index contributed by atoms with van der Waals surface area (Å²) < 4.78 is 3.23. The summed E-state index contributed by atoms with van der Waals surface area (Å²) in [7, 11) is 2.04. The van der Waals surface area contributed by atoms with Crippen LogP contribution in [-0.2, 0) is 19.9 Å². The molecule has 0 amide bonds. The molecule has 1 atom stereocenters. The summed E-state index contributed by atoms with van der Waals surface area (Å²) >= 11 is 7.36. The maximum absolute atomic E-state index is 4.56. The monoisotopic (exact) mass is 364 g/mol. The van der Waals surface area contributed by atoms with Crippen molar-refractivity contribution in [1.82, 2.24) is 9.78 Å². The maximum Gasteiger partial charge on any atom is 0.0766 e. The largest absolute Gasteiger partial charge is 0.271 e. The van der Waals surface area contributed by atoms with Gasteiger partial charge in [-0.05, 0) is 40.6 Å². The Morgan fingerprint density at radius 3 is 2.41 bits per heavy atom. The van der Waals surface area contributed by atoms with E-state index in [0.717, 1.165) is 23.9 Å². The predicted molar refractivity (Wildman–Crippen MR) is 80.8 cm³/mol. The third kappa shape index (κ3) is 3.57. The molecular formula is C13H22Br2N2. The lowest BCUT2D eigenvalue weighted by molar-refractivity contribution is 0.331. The highest BCUT2D eigenvalue weighted by atomic mass is 79.9. The van der Waals surface area contributed by atoms with Gasteiger partial charge in [-0.3, -0.25) is 4.68 Å². The van der Waals surface area contributed by atoms with Crippen LogP contribution in [0.5, 0.6) is 0 Å². The number of aryl methyl sites for hydroxylation is 2. The second-order valence-corrected chi connectivity index (χ2v) is 6.41. The molecule has 0 radical (unpaired) electrons. The lowest BCUT2D eigenvalue weighted by Gasteiger charge is -2.27. The van der Waals surface area contributed by atoms with E-state index in [1.165, 1.54) is 23.0 Å². The van der Waals surface area contributed by atoms with Gasteiger partial charge in [-0.15, -0.1) is 0 Å². The molecule has 0 aromatic carbocycles. The Bertz CT molecular complexity index is 374. The van der Waals surface area contributed by atoms with Gasteiger partial charge in [0, 0.05) is 12.4 Å². The molecule has 1 aromatic heterocycles. The molecule has 1 aromatic rings. The van der Waals surface area contributed by atoms with Crippen molar-refractivity contribution >= 4 is 31.9 Å². The van der Waals surface area contributed by atoms with Crippen LogP contribution in [0.15, 0.2) is 4.47 Å². The van der Waals surface area contributed by atoms with Crippen molar-refractivity contribution in [2.45, 2.75) is 46.5 Å². The molecule has 4 heteroatoms. The lowest BCUT2D eigenvalue weighted by atomic mass is 9.83. The van der Waals surface area contributed by atoms with Crippen molar-refractivity contribution in [2.75, 3.05) is 5.33 Å². The molecule has 1 heterocycles. The molecule has 0 fully saturated rings. The van der Waals surface area contributed by atoms with Crippen LogP contribution < -0.4 is 0 Å². The molecule has 17 heavy (non-hydrogen) atoms. The number of nitrogens with zero attached hydrogens (tertiary/aromatic N) is 2. The van der Waals surface area contributed by atoms with Gasteiger partial charge in [-0.2, -0.15) is 5.10 Å². The Balaban J connectivity index is 2.97. The fraction of sp³-hybridized carbons (Fsp3) is 0.769. The van der Waals surface area contributed by atoms with Gasteiger partial charge in [0.1, 0.15) is 0 Å². The Hall–Kier alpha value is 0.170. The van der Waals surface area contributed by atoms with E-state index in [1.807, 2.05) is 11.7 Å². The zero-order chi connectivity index (χ0) is 13.1. The van der Waals surface area contributed by atoms with Crippen LogP contribution in [0.2, 0.25) is 0 Å². The maximum atomic E-state index is 4.56. The first-order valence-corrected chi connectivity index (χ1v) is 8.15. The highest BCUT2D eigenvalue weighted by Gasteiger charge is 2.26. The number of alkyl halides is 1. The summed E-state index contributed by atoms with van der Waals surface area (Å²) in [6, 6.07) is 0. The quantitative estimate of drug-likeness (QED) is 0.679. The first-order valence-electron chi connectivity index (χ1n) is 6.23. The van der Waals surface area contributed by atoms with Crippen molar-refractivity contribution in [3.8, 4) is 0 Å². The summed E-state index contributed by atoms with van der Waals surface area (Å²) in [5.41, 5.74) is 2.80. The minimum Gasteiger partial charge on any atom is -0.271 e. The Morgan fingerprint density at radius 2 is 2.00 bits per heavy atom. The van der Waals surface area contributed by atoms with Crippen molar-refractivity contribution in [2.24, 2.45) is 12.5 Å². The Labute approximate surface area is 121 Å². The summed E-state index contributed by atoms with van der Waals surface area (Å²) in [5, 5.41) is 5.60. The van der Waals surface area contributed by atoms with Crippen molar-refractivity contribution < 1.29 is 0 Å². The van der Waals surface area contributed by atoms with Gasteiger partial charge in [0.2, 0.25) is 0 Å². The molecule has 0 saturated heterocycles. The van der Waals surface area contributed by atoms with E-state index >= 15 is 0 Å². The van der Waals surface area contributed by atoms with E-state index in [0.29, 0.717) is 5.41 Å². The van der Waals surface area contributed by atoms with Gasteiger partial charge in [0.05, 0.1) is 15.9 Å². The van der Waals surface area contributed by atoms with Crippen LogP contribution in [0.4, 0.5) is 0 Å². The molecule has 0 bridgehead atoms. The number of rotatable bonds is 6. The van der Waals surface area contributed by atoms with Crippen LogP contribution in [0.25, 0.3) is 0 Å². The lowest BCUT2D eigenvalue weighted by Crippen LogP contribution is -2.23. The van der Waals surface area contributed by atoms with Crippen LogP contribution >= 0.6 is 31.9 Å². The van der Waals surface area contributed by atoms with Gasteiger partial charge in [0.25, 0.3) is 0 Å². The fourth-order valence-electron chi connectivity index (χ4n) is 2.22. The van der Waals surface area contributed by atoms with E-state index in [4.69, 9.17) is 0 Å². The number of hydrogen-bond donors (Lipinski definition) is 0. The molecule has 1 rings (SSSR count). The molecule has 0 aliphatic carbocycles. The highest BCUT2D eigenvalue weighted by molar-refractivity contribution is 9.10. The molecule has 98 valence electrons. The van der Waals surface area contributed by atoms with Crippen LogP contribution in [0.1, 0.15) is 45.0 Å². The third-order valence-corrected chi connectivity index (χ3v) is 5.54. The topological polar surface area (TPSA) is 17.8 Å². The van der Waals surface area contributed by atoms with Gasteiger partial charge in [0.15, 0.2) is 0 Å². The zero-order valence-corrected chi connectivity index (χ0v) is 14.4. The summed E-state index contributed by atoms with van der Waals surface area (Å²) in [4.78, 5) is 0.